The Balaban J connectivity index is 1.64. The van der Waals surface area contributed by atoms with E-state index in [1.54, 1.807) is 18.2 Å². The summed E-state index contributed by atoms with van der Waals surface area (Å²) in [5.41, 5.74) is 0.741. The first-order chi connectivity index (χ1) is 21.5. The average molecular weight is 607 g/mol. The molecule has 5 N–H and O–H groups in total. The first-order valence-electron chi connectivity index (χ1n) is 13.7. The number of fused-ring (bicyclic) bond motifs is 2. The van der Waals surface area contributed by atoms with E-state index in [0.717, 1.165) is 11.6 Å². The number of allylic oxidation sites excluding steroid dienone is 1. The zero-order valence-electron chi connectivity index (χ0n) is 24.0. The van der Waals surface area contributed by atoms with Crippen molar-refractivity contribution in [1.29, 1.82) is 0 Å². The molecule has 226 valence electrons. The third-order valence-corrected chi connectivity index (χ3v) is 7.17. The third-order valence-electron chi connectivity index (χ3n) is 7.17. The van der Waals surface area contributed by atoms with Crippen molar-refractivity contribution in [1.82, 2.24) is 0 Å². The molecule has 10 nitrogen and oxygen atoms in total. The maximum Gasteiger partial charge on any atom is 0.197 e. The quantitative estimate of drug-likeness (QED) is 0.127. The van der Waals surface area contributed by atoms with Gasteiger partial charge in [0.25, 0.3) is 0 Å². The first-order valence-corrected chi connectivity index (χ1v) is 13.7. The van der Waals surface area contributed by atoms with E-state index in [-0.39, 0.29) is 74.2 Å². The smallest absolute Gasteiger partial charge is 0.197 e. The summed E-state index contributed by atoms with van der Waals surface area (Å²) in [5, 5.41) is 51.7. The van der Waals surface area contributed by atoms with Crippen molar-refractivity contribution in [2.45, 2.75) is 13.8 Å². The van der Waals surface area contributed by atoms with Crippen LogP contribution in [0, 0.1) is 0 Å². The van der Waals surface area contributed by atoms with Crippen LogP contribution in [0.3, 0.4) is 0 Å². The molecule has 2 aromatic heterocycles. The molecule has 4 aromatic carbocycles. The molecule has 2 heterocycles. The highest BCUT2D eigenvalue weighted by Gasteiger charge is 2.24. The van der Waals surface area contributed by atoms with Crippen molar-refractivity contribution in [3.05, 3.63) is 105 Å². The van der Waals surface area contributed by atoms with Crippen LogP contribution in [0.5, 0.6) is 34.5 Å². The Morgan fingerprint density at radius 2 is 1.33 bits per heavy atom. The van der Waals surface area contributed by atoms with E-state index in [1.807, 2.05) is 13.8 Å². The predicted molar refractivity (Wildman–Crippen MR) is 168 cm³/mol. The van der Waals surface area contributed by atoms with E-state index in [9.17, 15) is 35.1 Å². The molecule has 0 aliphatic carbocycles. The molecule has 0 aliphatic rings. The van der Waals surface area contributed by atoms with Crippen LogP contribution in [0.15, 0.2) is 103 Å². The zero-order valence-corrected chi connectivity index (χ0v) is 24.0. The van der Waals surface area contributed by atoms with Gasteiger partial charge in [0.1, 0.15) is 69.0 Å². The van der Waals surface area contributed by atoms with Gasteiger partial charge in [-0.3, -0.25) is 9.59 Å². The molecule has 0 saturated carbocycles. The molecular formula is C35H26O10. The van der Waals surface area contributed by atoms with E-state index in [0.29, 0.717) is 11.1 Å². The minimum atomic E-state index is -0.566. The number of hydrogen-bond acceptors (Lipinski definition) is 10. The van der Waals surface area contributed by atoms with E-state index in [4.69, 9.17) is 13.6 Å². The van der Waals surface area contributed by atoms with Crippen LogP contribution in [0.2, 0.25) is 0 Å². The molecule has 0 bridgehead atoms. The van der Waals surface area contributed by atoms with E-state index < -0.39 is 22.4 Å². The highest BCUT2D eigenvalue weighted by molar-refractivity contribution is 6.01. The highest BCUT2D eigenvalue weighted by atomic mass is 16.5. The van der Waals surface area contributed by atoms with E-state index in [2.05, 4.69) is 0 Å². The van der Waals surface area contributed by atoms with E-state index in [1.165, 1.54) is 54.6 Å². The Hall–Kier alpha value is -6.16. The summed E-state index contributed by atoms with van der Waals surface area (Å²) < 4.78 is 18.1. The lowest BCUT2D eigenvalue weighted by Gasteiger charge is -2.17. The third kappa shape index (κ3) is 5.40. The van der Waals surface area contributed by atoms with Gasteiger partial charge in [0.05, 0.1) is 5.56 Å². The van der Waals surface area contributed by atoms with Gasteiger partial charge >= 0.3 is 0 Å². The second-order valence-corrected chi connectivity index (χ2v) is 10.6. The lowest BCUT2D eigenvalue weighted by Crippen LogP contribution is -2.04. The lowest BCUT2D eigenvalue weighted by molar-refractivity contribution is 0.360. The molecule has 6 aromatic rings. The van der Waals surface area contributed by atoms with Crippen LogP contribution in [0.4, 0.5) is 0 Å². The largest absolute Gasteiger partial charge is 0.508 e. The maximum absolute atomic E-state index is 13.4. The second kappa shape index (κ2) is 11.2. The zero-order chi connectivity index (χ0) is 32.0. The molecule has 0 fully saturated rings. The van der Waals surface area contributed by atoms with Gasteiger partial charge in [-0.2, -0.15) is 0 Å². The number of aromatic hydroxyl groups is 5. The molecule has 0 unspecified atom stereocenters. The van der Waals surface area contributed by atoms with Crippen LogP contribution in [0.1, 0.15) is 13.8 Å². The van der Waals surface area contributed by atoms with Crippen molar-refractivity contribution >= 4 is 21.9 Å². The van der Waals surface area contributed by atoms with Gasteiger partial charge in [-0.15, -0.1) is 0 Å². The monoisotopic (exact) mass is 606 g/mol. The maximum atomic E-state index is 13.4. The topological polar surface area (TPSA) is 171 Å². The van der Waals surface area contributed by atoms with Crippen molar-refractivity contribution < 1.29 is 39.1 Å². The van der Waals surface area contributed by atoms with Gasteiger partial charge in [0.2, 0.25) is 0 Å². The number of benzene rings is 4. The molecule has 45 heavy (non-hydrogen) atoms. The molecule has 0 atom stereocenters. The molecule has 6 rings (SSSR count). The van der Waals surface area contributed by atoms with Crippen LogP contribution in [-0.4, -0.2) is 32.1 Å². The lowest BCUT2D eigenvalue weighted by atomic mass is 9.96. The molecule has 0 amide bonds. The molecule has 0 spiro atoms. The minimum Gasteiger partial charge on any atom is -0.508 e. The van der Waals surface area contributed by atoms with Gasteiger partial charge in [0.15, 0.2) is 16.4 Å². The van der Waals surface area contributed by atoms with Gasteiger partial charge in [-0.25, -0.2) is 0 Å². The minimum absolute atomic E-state index is 0.0164. The Morgan fingerprint density at radius 3 is 2.04 bits per heavy atom. The number of phenols is 5. The van der Waals surface area contributed by atoms with Gasteiger partial charge in [-0.1, -0.05) is 5.57 Å². The van der Waals surface area contributed by atoms with Crippen molar-refractivity contribution in [2.75, 3.05) is 6.61 Å². The summed E-state index contributed by atoms with van der Waals surface area (Å²) in [7, 11) is 0. The van der Waals surface area contributed by atoms with Crippen molar-refractivity contribution in [3.8, 4) is 68.3 Å². The molecule has 0 radical (unpaired) electrons. The Bertz CT molecular complexity index is 2270. The number of ether oxygens (including phenoxy) is 1. The predicted octanol–water partition coefficient (Wildman–Crippen LogP) is 6.77. The van der Waals surface area contributed by atoms with E-state index >= 15 is 0 Å². The van der Waals surface area contributed by atoms with Crippen LogP contribution >= 0.6 is 0 Å². The van der Waals surface area contributed by atoms with Crippen LogP contribution in [-0.2, 0) is 0 Å². The highest BCUT2D eigenvalue weighted by Crippen LogP contribution is 2.46. The fourth-order valence-corrected chi connectivity index (χ4v) is 5.01. The fourth-order valence-electron chi connectivity index (χ4n) is 5.01. The first kappa shape index (κ1) is 28.9. The normalized spacial score (nSPS) is 11.2. The van der Waals surface area contributed by atoms with Crippen LogP contribution < -0.4 is 15.6 Å². The summed E-state index contributed by atoms with van der Waals surface area (Å²) in [6.07, 6.45) is 1.80. The number of hydrogen-bond donors (Lipinski definition) is 5. The number of rotatable bonds is 6. The summed E-state index contributed by atoms with van der Waals surface area (Å²) in [6, 6.07) is 16.2. The van der Waals surface area contributed by atoms with Gasteiger partial charge in [-0.05, 0) is 62.4 Å². The number of phenolic OH excluding ortho intramolecular Hbond substituents is 5. The summed E-state index contributed by atoms with van der Waals surface area (Å²) in [5.74, 6) is -1.10. The Morgan fingerprint density at radius 1 is 0.689 bits per heavy atom. The summed E-state index contributed by atoms with van der Waals surface area (Å²) in [4.78, 5) is 26.3. The second-order valence-electron chi connectivity index (χ2n) is 10.6. The summed E-state index contributed by atoms with van der Waals surface area (Å²) >= 11 is 0. The SMILES string of the molecule is CC(C)=CCOc1cc(O)c2c(=O)cc(-c3ccc(O)cc3)oc2c1-c1cc(-c2cc(=O)c3c(O)cc(O)cc3o2)ccc1O. The standard InChI is InChI=1S/C35H26O10/c1-17(2)9-10-43-30-16-27(42)34-26(41)15-28(18-3-6-20(36)7-4-18)45-35(34)32(30)22-11-19(5-8-23(22)38)29-14-25(40)33-24(39)12-21(37)13-31(33)44-29/h3-9,11-16,36-39,42H,10H2,1-2H3. The fraction of sp³-hybridized carbons (Fsp3) is 0.0857. The van der Waals surface area contributed by atoms with Gasteiger partial charge < -0.3 is 39.1 Å². The molecule has 0 aliphatic heterocycles. The Kier molecular flexibility index (Phi) is 7.18. The van der Waals surface area contributed by atoms with Crippen LogP contribution in [0.25, 0.3) is 55.7 Å². The average Bonchev–Trinajstić information content (AvgIpc) is 2.97. The van der Waals surface area contributed by atoms with Crippen molar-refractivity contribution in [3.63, 3.8) is 0 Å². The Labute approximate surface area is 254 Å². The van der Waals surface area contributed by atoms with Gasteiger partial charge in [0, 0.05) is 47.0 Å². The van der Waals surface area contributed by atoms with Crippen molar-refractivity contribution in [2.24, 2.45) is 0 Å². The molecule has 0 saturated heterocycles. The summed E-state index contributed by atoms with van der Waals surface area (Å²) in [6.45, 7) is 3.86. The molecular weight excluding hydrogens is 580 g/mol. The molecule has 10 heteroatoms.